The first-order chi connectivity index (χ1) is 12.6. The highest BCUT2D eigenvalue weighted by molar-refractivity contribution is 9.10. The molecule has 0 radical (unpaired) electrons. The minimum atomic E-state index is -3.71. The summed E-state index contributed by atoms with van der Waals surface area (Å²) in [5, 5.41) is 10.0. The van der Waals surface area contributed by atoms with Crippen LogP contribution in [0.5, 0.6) is 0 Å². The summed E-state index contributed by atoms with van der Waals surface area (Å²) in [5.41, 5.74) is -0.413. The van der Waals surface area contributed by atoms with Crippen LogP contribution in [0.25, 0.3) is 10.8 Å². The van der Waals surface area contributed by atoms with Crippen molar-refractivity contribution >= 4 is 36.5 Å². The van der Waals surface area contributed by atoms with Crippen LogP contribution in [-0.2, 0) is 14.6 Å². The molecule has 1 aromatic carbocycles. The number of hydrogen-bond donors (Lipinski definition) is 1. The van der Waals surface area contributed by atoms with E-state index < -0.39 is 20.8 Å². The maximum absolute atomic E-state index is 13.6. The number of sulfone groups is 1. The van der Waals surface area contributed by atoms with E-state index in [4.69, 9.17) is 4.74 Å². The summed E-state index contributed by atoms with van der Waals surface area (Å²) in [7, 11) is -3.71. The fourth-order valence-electron chi connectivity index (χ4n) is 2.91. The van der Waals surface area contributed by atoms with Crippen molar-refractivity contribution in [1.29, 1.82) is 0 Å². The minimum absolute atomic E-state index is 0.120. The maximum Gasteiger partial charge on any atom is 0.195 e. The molecule has 0 aliphatic rings. The van der Waals surface area contributed by atoms with Gasteiger partial charge in [0, 0.05) is 34.2 Å². The van der Waals surface area contributed by atoms with Gasteiger partial charge in [0.15, 0.2) is 9.84 Å². The van der Waals surface area contributed by atoms with E-state index in [1.165, 1.54) is 0 Å². The van der Waals surface area contributed by atoms with E-state index in [2.05, 4.69) is 20.9 Å². The lowest BCUT2D eigenvalue weighted by Gasteiger charge is -2.33. The second-order valence-corrected chi connectivity index (χ2v) is 10.2. The summed E-state index contributed by atoms with van der Waals surface area (Å²) in [6.45, 7) is 7.74. The van der Waals surface area contributed by atoms with E-state index in [1.807, 2.05) is 33.8 Å². The van der Waals surface area contributed by atoms with Crippen LogP contribution < -0.4 is 0 Å². The van der Waals surface area contributed by atoms with Gasteiger partial charge in [0.25, 0.3) is 0 Å². The molecule has 0 saturated carbocycles. The molecule has 27 heavy (non-hydrogen) atoms. The van der Waals surface area contributed by atoms with Gasteiger partial charge in [-0.25, -0.2) is 8.42 Å². The number of aliphatic hydroxyl groups is 1. The Bertz CT molecular complexity index is 876. The number of rotatable bonds is 8. The molecule has 0 bridgehead atoms. The summed E-state index contributed by atoms with van der Waals surface area (Å²) in [6, 6.07) is 5.17. The highest BCUT2D eigenvalue weighted by atomic mass is 79.9. The fourth-order valence-corrected chi connectivity index (χ4v) is 5.68. The maximum atomic E-state index is 13.6. The Morgan fingerprint density at radius 2 is 2.00 bits per heavy atom. The third-order valence-corrected chi connectivity index (χ3v) is 7.07. The van der Waals surface area contributed by atoms with Crippen molar-refractivity contribution in [2.75, 3.05) is 19.9 Å². The number of benzene rings is 1. The first kappa shape index (κ1) is 22.2. The molecule has 1 atom stereocenters. The lowest BCUT2D eigenvalue weighted by Crippen LogP contribution is -2.45. The summed E-state index contributed by atoms with van der Waals surface area (Å²) in [4.78, 5) is 6.04. The van der Waals surface area contributed by atoms with Crippen molar-refractivity contribution in [3.63, 3.8) is 0 Å². The lowest BCUT2D eigenvalue weighted by atomic mass is 10.2. The molecular weight excluding hydrogens is 432 g/mol. The molecule has 0 unspecified atom stereocenters. The Balaban J connectivity index is 2.51. The van der Waals surface area contributed by atoms with Gasteiger partial charge in [0.05, 0.1) is 17.1 Å². The quantitative estimate of drug-likeness (QED) is 0.608. The Morgan fingerprint density at radius 1 is 1.30 bits per heavy atom. The average Bonchev–Trinajstić information content (AvgIpc) is 2.59. The highest BCUT2D eigenvalue weighted by Crippen LogP contribution is 2.32. The number of halogens is 1. The fraction of sp³-hybridized carbons (Fsp3) is 0.526. The van der Waals surface area contributed by atoms with Crippen molar-refractivity contribution < 1.29 is 18.3 Å². The molecule has 0 spiro atoms. The third-order valence-electron chi connectivity index (χ3n) is 4.17. The van der Waals surface area contributed by atoms with Crippen LogP contribution >= 0.6 is 15.9 Å². The predicted molar refractivity (Wildman–Crippen MR) is 110 cm³/mol. The van der Waals surface area contributed by atoms with Crippen LogP contribution in [0.3, 0.4) is 0 Å². The number of aliphatic hydroxyl groups excluding tert-OH is 1. The molecule has 0 aliphatic heterocycles. The van der Waals surface area contributed by atoms with Gasteiger partial charge in [0.2, 0.25) is 0 Å². The van der Waals surface area contributed by atoms with Crippen LogP contribution in [0.15, 0.2) is 40.0 Å². The summed E-state index contributed by atoms with van der Waals surface area (Å²) in [6.07, 6.45) is 3.61. The Labute approximate surface area is 169 Å². The standard InChI is InChI=1S/C19H27BrN2O4S/c1-5-17(22(9-10-23)13-26-19(2,3)4)27(24,25)16-8-6-7-14-11-21-12-15(20)18(14)16/h6-8,11-12,17,23H,5,9-10,13H2,1-4H3/t17-/m0/s1. The van der Waals surface area contributed by atoms with Crippen LogP contribution in [0.2, 0.25) is 0 Å². The van der Waals surface area contributed by atoms with Crippen LogP contribution in [0.4, 0.5) is 0 Å². The second kappa shape index (κ2) is 8.96. The van der Waals surface area contributed by atoms with Gasteiger partial charge in [-0.1, -0.05) is 19.1 Å². The molecule has 2 aromatic rings. The molecule has 0 fully saturated rings. The van der Waals surface area contributed by atoms with E-state index in [0.29, 0.717) is 16.3 Å². The van der Waals surface area contributed by atoms with Crippen LogP contribution in [-0.4, -0.2) is 54.3 Å². The number of pyridine rings is 1. The number of hydrogen-bond acceptors (Lipinski definition) is 6. The molecular formula is C19H27BrN2O4S. The first-order valence-corrected chi connectivity index (χ1v) is 11.2. The number of ether oxygens (including phenoxy) is 1. The van der Waals surface area contributed by atoms with Crippen molar-refractivity contribution in [3.8, 4) is 0 Å². The van der Waals surface area contributed by atoms with Crippen molar-refractivity contribution in [3.05, 3.63) is 35.1 Å². The number of aromatic nitrogens is 1. The lowest BCUT2D eigenvalue weighted by molar-refractivity contribution is -0.0709. The zero-order valence-corrected chi connectivity index (χ0v) is 18.5. The Kier molecular flexibility index (Phi) is 7.38. The number of nitrogens with zero attached hydrogens (tertiary/aromatic N) is 2. The molecule has 6 nitrogen and oxygen atoms in total. The van der Waals surface area contributed by atoms with Gasteiger partial charge in [-0.3, -0.25) is 9.88 Å². The molecule has 8 heteroatoms. The second-order valence-electron chi connectivity index (χ2n) is 7.31. The van der Waals surface area contributed by atoms with Crippen molar-refractivity contribution in [1.82, 2.24) is 9.88 Å². The molecule has 150 valence electrons. The van der Waals surface area contributed by atoms with E-state index >= 15 is 0 Å². The molecule has 1 N–H and O–H groups in total. The summed E-state index contributed by atoms with van der Waals surface area (Å²) < 4.78 is 33.5. The monoisotopic (exact) mass is 458 g/mol. The van der Waals surface area contributed by atoms with Gasteiger partial charge >= 0.3 is 0 Å². The molecule has 1 heterocycles. The van der Waals surface area contributed by atoms with E-state index in [9.17, 15) is 13.5 Å². The molecule has 0 amide bonds. The van der Waals surface area contributed by atoms with Crippen LogP contribution in [0, 0.1) is 0 Å². The van der Waals surface area contributed by atoms with Gasteiger partial charge in [-0.2, -0.15) is 0 Å². The Morgan fingerprint density at radius 3 is 2.59 bits per heavy atom. The topological polar surface area (TPSA) is 79.7 Å². The SMILES string of the molecule is CC[C@@H](N(CCO)COC(C)(C)C)S(=O)(=O)c1cccc2cncc(Br)c12. The van der Waals surface area contributed by atoms with Gasteiger partial charge in [0.1, 0.15) is 12.1 Å². The van der Waals surface area contributed by atoms with Gasteiger partial charge in [-0.05, 0) is 49.2 Å². The van der Waals surface area contributed by atoms with E-state index in [0.717, 1.165) is 5.39 Å². The predicted octanol–water partition coefficient (Wildman–Crippen LogP) is 3.57. The Hall–Kier alpha value is -1.06. The molecule has 1 aromatic heterocycles. The highest BCUT2D eigenvalue weighted by Gasteiger charge is 2.33. The van der Waals surface area contributed by atoms with Gasteiger partial charge in [-0.15, -0.1) is 0 Å². The smallest absolute Gasteiger partial charge is 0.195 e. The average molecular weight is 459 g/mol. The van der Waals surface area contributed by atoms with E-state index in [-0.39, 0.29) is 24.8 Å². The third kappa shape index (κ3) is 5.26. The van der Waals surface area contributed by atoms with Crippen LogP contribution in [0.1, 0.15) is 34.1 Å². The van der Waals surface area contributed by atoms with Crippen molar-refractivity contribution in [2.24, 2.45) is 0 Å². The summed E-state index contributed by atoms with van der Waals surface area (Å²) >= 11 is 3.43. The van der Waals surface area contributed by atoms with E-state index in [1.54, 1.807) is 29.4 Å². The van der Waals surface area contributed by atoms with Crippen molar-refractivity contribution in [2.45, 2.75) is 50.0 Å². The van der Waals surface area contributed by atoms with Gasteiger partial charge < -0.3 is 9.84 Å². The number of fused-ring (bicyclic) bond motifs is 1. The molecule has 2 rings (SSSR count). The molecule has 0 aliphatic carbocycles. The first-order valence-electron chi connectivity index (χ1n) is 8.86. The summed E-state index contributed by atoms with van der Waals surface area (Å²) in [5.74, 6) is 0. The normalized spacial score (nSPS) is 14.0. The zero-order chi connectivity index (χ0) is 20.2. The largest absolute Gasteiger partial charge is 0.395 e. The zero-order valence-electron chi connectivity index (χ0n) is 16.1. The molecule has 0 saturated heterocycles. The minimum Gasteiger partial charge on any atom is -0.395 e.